The zero-order chi connectivity index (χ0) is 21.5. The van der Waals surface area contributed by atoms with Gasteiger partial charge in [0.25, 0.3) is 11.8 Å². The SMILES string of the molecule is CCCCOCCOCCOc1ccc2c(c1)C(=O)N(C1CCC(=O)NC1=O)C2=O. The molecule has 1 atom stereocenters. The van der Waals surface area contributed by atoms with Gasteiger partial charge in [-0.1, -0.05) is 13.3 Å². The van der Waals surface area contributed by atoms with E-state index in [0.29, 0.717) is 25.6 Å². The summed E-state index contributed by atoms with van der Waals surface area (Å²) in [5.41, 5.74) is 0.407. The van der Waals surface area contributed by atoms with Crippen LogP contribution in [-0.2, 0) is 19.1 Å². The Morgan fingerprint density at radius 1 is 0.967 bits per heavy atom. The standard InChI is InChI=1S/C21H26N2O7/c1-2-3-8-28-9-10-29-11-12-30-14-4-5-15-16(13-14)21(27)23(20(15)26)17-6-7-18(24)22-19(17)25/h4-5,13,17H,2-3,6-12H2,1H3,(H,22,24,25). The summed E-state index contributed by atoms with van der Waals surface area (Å²) >= 11 is 0. The zero-order valence-electron chi connectivity index (χ0n) is 17.0. The average Bonchev–Trinajstić information content (AvgIpc) is 2.97. The summed E-state index contributed by atoms with van der Waals surface area (Å²) in [6, 6.07) is 3.63. The maximum atomic E-state index is 12.8. The second kappa shape index (κ2) is 10.3. The molecule has 0 aromatic heterocycles. The number of nitrogens with one attached hydrogen (secondary N) is 1. The van der Waals surface area contributed by atoms with Crippen LogP contribution in [0, 0.1) is 0 Å². The minimum atomic E-state index is -0.979. The van der Waals surface area contributed by atoms with Crippen molar-refractivity contribution in [2.45, 2.75) is 38.6 Å². The molecule has 2 aliphatic rings. The Bertz CT molecular complexity index is 824. The van der Waals surface area contributed by atoms with E-state index in [2.05, 4.69) is 12.2 Å². The van der Waals surface area contributed by atoms with Gasteiger partial charge >= 0.3 is 0 Å². The molecule has 0 saturated carbocycles. The maximum absolute atomic E-state index is 12.8. The highest BCUT2D eigenvalue weighted by atomic mass is 16.5. The van der Waals surface area contributed by atoms with Crippen LogP contribution in [-0.4, -0.2) is 67.6 Å². The van der Waals surface area contributed by atoms with Crippen LogP contribution in [0.15, 0.2) is 18.2 Å². The number of rotatable bonds is 11. The Labute approximate surface area is 174 Å². The molecule has 30 heavy (non-hydrogen) atoms. The smallest absolute Gasteiger partial charge is 0.262 e. The number of nitrogens with zero attached hydrogens (tertiary/aromatic N) is 1. The molecule has 0 radical (unpaired) electrons. The normalized spacial score (nSPS) is 18.6. The molecule has 1 aromatic rings. The number of carbonyl (C=O) groups excluding carboxylic acids is 4. The lowest BCUT2D eigenvalue weighted by molar-refractivity contribution is -0.136. The molecule has 1 fully saturated rings. The Morgan fingerprint density at radius 2 is 1.67 bits per heavy atom. The van der Waals surface area contributed by atoms with Crippen LogP contribution in [0.4, 0.5) is 0 Å². The summed E-state index contributed by atoms with van der Waals surface area (Å²) in [6.07, 6.45) is 2.33. The summed E-state index contributed by atoms with van der Waals surface area (Å²) in [4.78, 5) is 49.7. The van der Waals surface area contributed by atoms with E-state index in [1.165, 1.54) is 12.1 Å². The number of piperidine rings is 1. The fourth-order valence-corrected chi connectivity index (χ4v) is 3.33. The van der Waals surface area contributed by atoms with Gasteiger partial charge in [0.15, 0.2) is 0 Å². The van der Waals surface area contributed by atoms with Gasteiger partial charge in [0.05, 0.1) is 30.9 Å². The lowest BCUT2D eigenvalue weighted by Crippen LogP contribution is -2.54. The predicted octanol–water partition coefficient (Wildman–Crippen LogP) is 1.30. The van der Waals surface area contributed by atoms with Gasteiger partial charge in [0.1, 0.15) is 18.4 Å². The van der Waals surface area contributed by atoms with Gasteiger partial charge in [0.2, 0.25) is 11.8 Å². The first kappa shape index (κ1) is 21.9. The van der Waals surface area contributed by atoms with E-state index in [1.54, 1.807) is 6.07 Å². The van der Waals surface area contributed by atoms with Crippen molar-refractivity contribution in [3.05, 3.63) is 29.3 Å². The second-order valence-corrected chi connectivity index (χ2v) is 7.08. The molecular weight excluding hydrogens is 392 g/mol. The topological polar surface area (TPSA) is 111 Å². The fraction of sp³-hybridized carbons (Fsp3) is 0.524. The molecule has 3 rings (SSSR count). The maximum Gasteiger partial charge on any atom is 0.262 e. The highest BCUT2D eigenvalue weighted by Crippen LogP contribution is 2.30. The monoisotopic (exact) mass is 418 g/mol. The second-order valence-electron chi connectivity index (χ2n) is 7.08. The number of benzene rings is 1. The average molecular weight is 418 g/mol. The molecule has 0 aliphatic carbocycles. The number of imide groups is 2. The Kier molecular flexibility index (Phi) is 7.53. The number of amides is 4. The quantitative estimate of drug-likeness (QED) is 0.426. The lowest BCUT2D eigenvalue weighted by atomic mass is 10.0. The molecule has 9 nitrogen and oxygen atoms in total. The predicted molar refractivity (Wildman–Crippen MR) is 105 cm³/mol. The van der Waals surface area contributed by atoms with Crippen molar-refractivity contribution >= 4 is 23.6 Å². The molecule has 4 amide bonds. The van der Waals surface area contributed by atoms with Gasteiger partial charge in [-0.05, 0) is 31.0 Å². The minimum absolute atomic E-state index is 0.0851. The number of hydrogen-bond donors (Lipinski definition) is 1. The molecule has 1 saturated heterocycles. The Hall–Kier alpha value is -2.78. The Morgan fingerprint density at radius 3 is 2.40 bits per heavy atom. The first-order valence-corrected chi connectivity index (χ1v) is 10.2. The van der Waals surface area contributed by atoms with E-state index in [0.717, 1.165) is 24.3 Å². The summed E-state index contributed by atoms with van der Waals surface area (Å²) in [5, 5.41) is 2.17. The number of ether oxygens (including phenoxy) is 3. The van der Waals surface area contributed by atoms with E-state index in [1.807, 2.05) is 0 Å². The van der Waals surface area contributed by atoms with Crippen LogP contribution in [0.5, 0.6) is 5.75 Å². The van der Waals surface area contributed by atoms with Crippen LogP contribution < -0.4 is 10.1 Å². The van der Waals surface area contributed by atoms with E-state index in [4.69, 9.17) is 14.2 Å². The molecule has 2 aliphatic heterocycles. The van der Waals surface area contributed by atoms with Gasteiger partial charge in [0, 0.05) is 13.0 Å². The van der Waals surface area contributed by atoms with Crippen molar-refractivity contribution in [3.8, 4) is 5.75 Å². The van der Waals surface area contributed by atoms with Crippen molar-refractivity contribution in [2.75, 3.05) is 33.0 Å². The summed E-state index contributed by atoms with van der Waals surface area (Å²) in [5.74, 6) is -1.70. The third-order valence-electron chi connectivity index (χ3n) is 4.92. The van der Waals surface area contributed by atoms with Crippen molar-refractivity contribution in [2.24, 2.45) is 0 Å². The van der Waals surface area contributed by atoms with Gasteiger partial charge in [-0.15, -0.1) is 0 Å². The highest BCUT2D eigenvalue weighted by molar-refractivity contribution is 6.23. The molecule has 2 heterocycles. The molecule has 162 valence electrons. The van der Waals surface area contributed by atoms with Gasteiger partial charge < -0.3 is 14.2 Å². The van der Waals surface area contributed by atoms with Gasteiger partial charge in [-0.25, -0.2) is 0 Å². The minimum Gasteiger partial charge on any atom is -0.491 e. The lowest BCUT2D eigenvalue weighted by Gasteiger charge is -2.27. The summed E-state index contributed by atoms with van der Waals surface area (Å²) in [7, 11) is 0. The van der Waals surface area contributed by atoms with Crippen LogP contribution in [0.2, 0.25) is 0 Å². The largest absolute Gasteiger partial charge is 0.491 e. The third kappa shape index (κ3) is 5.03. The van der Waals surface area contributed by atoms with Crippen LogP contribution in [0.3, 0.4) is 0 Å². The number of unbranched alkanes of at least 4 members (excludes halogenated alkanes) is 1. The van der Waals surface area contributed by atoms with E-state index >= 15 is 0 Å². The van der Waals surface area contributed by atoms with E-state index in [-0.39, 0.29) is 30.6 Å². The van der Waals surface area contributed by atoms with Crippen LogP contribution in [0.25, 0.3) is 0 Å². The molecule has 0 spiro atoms. The molecule has 0 bridgehead atoms. The van der Waals surface area contributed by atoms with Crippen molar-refractivity contribution in [1.82, 2.24) is 10.2 Å². The zero-order valence-corrected chi connectivity index (χ0v) is 17.0. The molecule has 1 aromatic carbocycles. The van der Waals surface area contributed by atoms with Crippen molar-refractivity contribution in [3.63, 3.8) is 0 Å². The first-order valence-electron chi connectivity index (χ1n) is 10.2. The van der Waals surface area contributed by atoms with E-state index in [9.17, 15) is 19.2 Å². The number of hydrogen-bond acceptors (Lipinski definition) is 7. The fourth-order valence-electron chi connectivity index (χ4n) is 3.33. The number of fused-ring (bicyclic) bond motifs is 1. The van der Waals surface area contributed by atoms with Crippen LogP contribution in [0.1, 0.15) is 53.3 Å². The van der Waals surface area contributed by atoms with E-state index < -0.39 is 29.7 Å². The van der Waals surface area contributed by atoms with Crippen molar-refractivity contribution < 1.29 is 33.4 Å². The van der Waals surface area contributed by atoms with Gasteiger partial charge in [-0.2, -0.15) is 0 Å². The molecular formula is C21H26N2O7. The highest BCUT2D eigenvalue weighted by Gasteiger charge is 2.44. The molecule has 9 heteroatoms. The summed E-state index contributed by atoms with van der Waals surface area (Å²) < 4.78 is 16.4. The van der Waals surface area contributed by atoms with Gasteiger partial charge in [-0.3, -0.25) is 29.4 Å². The first-order chi connectivity index (χ1) is 14.5. The molecule has 1 N–H and O–H groups in total. The molecule has 1 unspecified atom stereocenters. The van der Waals surface area contributed by atoms with Crippen molar-refractivity contribution in [1.29, 1.82) is 0 Å². The summed E-state index contributed by atoms with van der Waals surface area (Å²) in [6.45, 7) is 4.49. The number of carbonyl (C=O) groups is 4. The Balaban J connectivity index is 1.50. The van der Waals surface area contributed by atoms with Crippen LogP contribution >= 0.6 is 0 Å². The third-order valence-corrected chi connectivity index (χ3v) is 4.92.